The Bertz CT molecular complexity index is 889. The normalized spacial score (nSPS) is 17.5. The maximum absolute atomic E-state index is 3.90. The molecule has 2 radical (unpaired) electrons. The molecule has 36 heavy (non-hydrogen) atoms. The quantitative estimate of drug-likeness (QED) is 0.206. The summed E-state index contributed by atoms with van der Waals surface area (Å²) in [5.41, 5.74) is 9.21. The minimum Gasteiger partial charge on any atom is -0.278 e. The second-order valence-electron chi connectivity index (χ2n) is 11.9. The molecule has 0 bridgehead atoms. The summed E-state index contributed by atoms with van der Waals surface area (Å²) in [7, 11) is -0.207. The third-order valence-corrected chi connectivity index (χ3v) is 11.8. The molecule has 2 aromatic rings. The van der Waals surface area contributed by atoms with E-state index in [0.29, 0.717) is 17.8 Å². The van der Waals surface area contributed by atoms with Crippen LogP contribution >= 0.6 is 7.92 Å². The van der Waals surface area contributed by atoms with Gasteiger partial charge in [0.15, 0.2) is 0 Å². The predicted octanol–water partition coefficient (Wildman–Crippen LogP) is 10.1. The maximum Gasteiger partial charge on any atom is 0 e. The molecule has 2 aliphatic rings. The van der Waals surface area contributed by atoms with Crippen molar-refractivity contribution in [3.8, 4) is 11.1 Å². The van der Waals surface area contributed by atoms with Crippen molar-refractivity contribution in [3.05, 3.63) is 53.1 Å². The van der Waals surface area contributed by atoms with Crippen LogP contribution in [0.3, 0.4) is 0 Å². The van der Waals surface area contributed by atoms with Gasteiger partial charge in [-0.05, 0) is 60.3 Å². The Hall–Kier alpha value is 1.08. The van der Waals surface area contributed by atoms with E-state index in [-0.39, 0.29) is 73.3 Å². The van der Waals surface area contributed by atoms with Crippen LogP contribution in [0, 0.1) is 12.1 Å². The Morgan fingerprint density at radius 3 is 1.50 bits per heavy atom. The number of hydrogen-bond acceptors (Lipinski definition) is 0. The number of benzene rings is 2. The molecule has 192 valence electrons. The zero-order valence-corrected chi connectivity index (χ0v) is 30.4. The first-order chi connectivity index (χ1) is 16.4. The molecule has 3 heteroatoms. The van der Waals surface area contributed by atoms with Crippen molar-refractivity contribution < 1.29 is 65.4 Å². The first-order valence-electron chi connectivity index (χ1n) is 14.3. The van der Waals surface area contributed by atoms with Gasteiger partial charge in [-0.1, -0.05) is 103 Å². The monoisotopic (exact) mass is 652 g/mol. The average molecular weight is 653 g/mol. The summed E-state index contributed by atoms with van der Waals surface area (Å²) in [5, 5.41) is 1.57. The van der Waals surface area contributed by atoms with Crippen LogP contribution in [0.5, 0.6) is 0 Å². The van der Waals surface area contributed by atoms with Crippen molar-refractivity contribution in [2.75, 3.05) is 0 Å². The molecule has 0 saturated heterocycles. The molecule has 0 N–H and O–H groups in total. The van der Waals surface area contributed by atoms with Crippen LogP contribution in [0.15, 0.2) is 24.3 Å². The average Bonchev–Trinajstić information content (AvgIpc) is 2.85. The Morgan fingerprint density at radius 2 is 1.08 bits per heavy atom. The molecular weight excluding hydrogens is 605 g/mol. The standard InChI is InChI=1S/C33H47P.2Y/c1-23(2)26-21-30(24(3)4)33(31(22-26)25(5)6)29-19-13-14-20-32(29)34(27-15-9-7-10-16-27)28-17-11-8-12-18-28;;/h13-14,21-25,27-28H,7-12,15-18H2,1-6H3;;/q-2;;. The second-order valence-corrected chi connectivity index (χ2v) is 14.6. The van der Waals surface area contributed by atoms with Gasteiger partial charge in [-0.3, -0.25) is 24.3 Å². The van der Waals surface area contributed by atoms with Crippen molar-refractivity contribution in [1.82, 2.24) is 0 Å². The molecule has 2 fully saturated rings. The predicted molar refractivity (Wildman–Crippen MR) is 152 cm³/mol. The molecule has 0 aromatic heterocycles. The minimum absolute atomic E-state index is 0. The summed E-state index contributed by atoms with van der Waals surface area (Å²) in [6.07, 6.45) is 14.3. The van der Waals surface area contributed by atoms with E-state index < -0.39 is 0 Å². The van der Waals surface area contributed by atoms with E-state index in [1.807, 2.05) is 0 Å². The first kappa shape index (κ1) is 33.3. The molecule has 0 amide bonds. The van der Waals surface area contributed by atoms with Crippen molar-refractivity contribution in [3.63, 3.8) is 0 Å². The van der Waals surface area contributed by atoms with Gasteiger partial charge in [-0.25, -0.2) is 10.9 Å². The number of rotatable bonds is 7. The van der Waals surface area contributed by atoms with Crippen LogP contribution in [-0.4, -0.2) is 11.3 Å². The molecule has 2 aromatic carbocycles. The van der Waals surface area contributed by atoms with Gasteiger partial charge in [0, 0.05) is 65.4 Å². The summed E-state index contributed by atoms with van der Waals surface area (Å²) in [6.45, 7) is 14.2. The minimum atomic E-state index is -0.207. The third-order valence-electron chi connectivity index (χ3n) is 8.34. The van der Waals surface area contributed by atoms with Gasteiger partial charge in [-0.2, -0.15) is 0 Å². The molecule has 0 unspecified atom stereocenters. The third kappa shape index (κ3) is 7.84. The molecule has 0 nitrogen and oxygen atoms in total. The van der Waals surface area contributed by atoms with Gasteiger partial charge in [0.05, 0.1) is 0 Å². The fourth-order valence-electron chi connectivity index (χ4n) is 6.41. The van der Waals surface area contributed by atoms with E-state index in [4.69, 9.17) is 0 Å². The molecule has 4 rings (SSSR count). The van der Waals surface area contributed by atoms with Gasteiger partial charge >= 0.3 is 0 Å². The zero-order valence-electron chi connectivity index (χ0n) is 23.9. The Kier molecular flexibility index (Phi) is 14.6. The summed E-state index contributed by atoms with van der Waals surface area (Å²) >= 11 is 0. The molecule has 0 heterocycles. The largest absolute Gasteiger partial charge is 0.278 e. The Labute approximate surface area is 274 Å². The van der Waals surface area contributed by atoms with Crippen LogP contribution in [0.25, 0.3) is 11.1 Å². The zero-order chi connectivity index (χ0) is 24.2. The van der Waals surface area contributed by atoms with Gasteiger partial charge in [0.25, 0.3) is 0 Å². The molecule has 0 atom stereocenters. The molecule has 2 aliphatic carbocycles. The molecule has 2 saturated carbocycles. The van der Waals surface area contributed by atoms with Crippen LogP contribution in [0.4, 0.5) is 0 Å². The van der Waals surface area contributed by atoms with Crippen LogP contribution in [0.1, 0.15) is 140 Å². The second kappa shape index (κ2) is 15.8. The summed E-state index contributed by atoms with van der Waals surface area (Å²) in [6, 6.07) is 17.1. The van der Waals surface area contributed by atoms with Gasteiger partial charge in [-0.15, -0.1) is 13.5 Å². The van der Waals surface area contributed by atoms with E-state index in [1.54, 1.807) is 5.30 Å². The molecule has 0 spiro atoms. The summed E-state index contributed by atoms with van der Waals surface area (Å²) < 4.78 is 0. The van der Waals surface area contributed by atoms with Crippen LogP contribution in [0.2, 0.25) is 0 Å². The topological polar surface area (TPSA) is 0 Å². The van der Waals surface area contributed by atoms with Crippen molar-refractivity contribution in [2.45, 2.75) is 135 Å². The first-order valence-corrected chi connectivity index (χ1v) is 15.7. The van der Waals surface area contributed by atoms with Crippen molar-refractivity contribution >= 4 is 13.2 Å². The van der Waals surface area contributed by atoms with Crippen LogP contribution in [-0.2, 0) is 65.4 Å². The van der Waals surface area contributed by atoms with Gasteiger partial charge in [0.2, 0.25) is 0 Å². The maximum atomic E-state index is 3.90. The Morgan fingerprint density at radius 1 is 0.639 bits per heavy atom. The molecular formula is C33H47PY2-2. The number of hydrogen-bond donors (Lipinski definition) is 0. The van der Waals surface area contributed by atoms with Crippen LogP contribution < -0.4 is 5.30 Å². The fourth-order valence-corrected chi connectivity index (χ4v) is 10.2. The van der Waals surface area contributed by atoms with Crippen molar-refractivity contribution in [2.24, 2.45) is 0 Å². The van der Waals surface area contributed by atoms with E-state index in [2.05, 4.69) is 77.9 Å². The van der Waals surface area contributed by atoms with E-state index in [0.717, 1.165) is 11.3 Å². The fraction of sp³-hybridized carbons (Fsp3) is 0.636. The molecule has 0 aliphatic heterocycles. The smallest absolute Gasteiger partial charge is 0 e. The van der Waals surface area contributed by atoms with Gasteiger partial charge in [0.1, 0.15) is 0 Å². The van der Waals surface area contributed by atoms with Gasteiger partial charge < -0.3 is 0 Å². The van der Waals surface area contributed by atoms with E-state index >= 15 is 0 Å². The van der Waals surface area contributed by atoms with Crippen molar-refractivity contribution in [1.29, 1.82) is 0 Å². The Balaban J connectivity index is 0.00000228. The SMILES string of the molecule is CC(C)c1cc(C(C)C)c(-c2[c-]cc[c-]c2P(C2CCCCC2)C2CCCCC2)c(C(C)C)c1.[Y].[Y]. The van der Waals surface area contributed by atoms with E-state index in [1.165, 1.54) is 92.0 Å². The summed E-state index contributed by atoms with van der Waals surface area (Å²) in [5.74, 6) is 1.56. The summed E-state index contributed by atoms with van der Waals surface area (Å²) in [4.78, 5) is 0. The van der Waals surface area contributed by atoms with E-state index in [9.17, 15) is 0 Å².